The van der Waals surface area contributed by atoms with E-state index < -0.39 is 0 Å². The molecule has 2 heteroatoms. The van der Waals surface area contributed by atoms with Crippen molar-refractivity contribution < 1.29 is 8.81 Å². The third-order valence-electron chi connectivity index (χ3n) is 1.03. The fraction of sp³-hybridized carbons (Fsp3) is 0.286. The van der Waals surface area contributed by atoms with Crippen LogP contribution in [0.4, 0.5) is 4.39 Å². The molecule has 0 aliphatic heterocycles. The molecule has 9 heavy (non-hydrogen) atoms. The highest BCUT2D eigenvalue weighted by atomic mass is 19.1. The quantitative estimate of drug-likeness (QED) is 0.605. The van der Waals surface area contributed by atoms with Crippen molar-refractivity contribution in [2.24, 2.45) is 0 Å². The van der Waals surface area contributed by atoms with Gasteiger partial charge in [-0.05, 0) is 12.1 Å². The van der Waals surface area contributed by atoms with Crippen molar-refractivity contribution in [2.45, 2.75) is 6.42 Å². The Kier molecular flexibility index (Phi) is 2.31. The van der Waals surface area contributed by atoms with Crippen LogP contribution in [0.5, 0.6) is 0 Å². The van der Waals surface area contributed by atoms with Crippen LogP contribution in [-0.4, -0.2) is 6.67 Å². The van der Waals surface area contributed by atoms with Gasteiger partial charge in [0.25, 0.3) is 0 Å². The zero-order valence-corrected chi connectivity index (χ0v) is 5.01. The molecule has 1 aromatic heterocycles. The summed E-state index contributed by atoms with van der Waals surface area (Å²) in [5.41, 5.74) is 0. The molecule has 0 atom stereocenters. The maximum Gasteiger partial charge on any atom is 0.104 e. The first-order valence-corrected chi connectivity index (χ1v) is 2.83. The fourth-order valence-corrected chi connectivity index (χ4v) is 0.626. The molecule has 0 saturated carbocycles. The zero-order chi connectivity index (χ0) is 6.53. The second-order valence-electron chi connectivity index (χ2n) is 1.73. The van der Waals surface area contributed by atoms with Crippen LogP contribution >= 0.6 is 0 Å². The number of alkyl halides is 1. The van der Waals surface area contributed by atoms with Gasteiger partial charge in [-0.2, -0.15) is 0 Å². The monoisotopic (exact) mass is 127 g/mol. The molecule has 0 unspecified atom stereocenters. The van der Waals surface area contributed by atoms with E-state index in [1.54, 1.807) is 12.3 Å². The van der Waals surface area contributed by atoms with Gasteiger partial charge in [0.2, 0.25) is 0 Å². The van der Waals surface area contributed by atoms with Crippen molar-refractivity contribution in [3.05, 3.63) is 30.6 Å². The van der Waals surface area contributed by atoms with Gasteiger partial charge in [-0.3, -0.25) is 4.39 Å². The van der Waals surface area contributed by atoms with Crippen molar-refractivity contribution >= 4 is 0 Å². The molecule has 1 heterocycles. The summed E-state index contributed by atoms with van der Waals surface area (Å²) in [4.78, 5) is 0. The van der Waals surface area contributed by atoms with E-state index in [-0.39, 0.29) is 6.67 Å². The van der Waals surface area contributed by atoms with Crippen LogP contribution in [0.3, 0.4) is 0 Å². The van der Waals surface area contributed by atoms with Gasteiger partial charge in [0.1, 0.15) is 5.76 Å². The van der Waals surface area contributed by atoms with E-state index >= 15 is 0 Å². The largest absolute Gasteiger partial charge is 0.469 e. The Morgan fingerprint density at radius 2 is 2.56 bits per heavy atom. The van der Waals surface area contributed by atoms with Crippen molar-refractivity contribution in [3.63, 3.8) is 0 Å². The lowest BCUT2D eigenvalue weighted by Gasteiger charge is -1.88. The molecule has 0 saturated heterocycles. The summed E-state index contributed by atoms with van der Waals surface area (Å²) in [7, 11) is 0. The highest BCUT2D eigenvalue weighted by Gasteiger charge is 1.92. The third kappa shape index (κ3) is 1.88. The predicted octanol–water partition coefficient (Wildman–Crippen LogP) is 2.00. The molecule has 0 N–H and O–H groups in total. The standard InChI is InChI=1S/C7H8FO/c8-5-1-3-7-4-2-6-9-7/h1-2,4,6H,3,5H2. The van der Waals surface area contributed by atoms with Crippen LogP contribution in [0.1, 0.15) is 5.76 Å². The van der Waals surface area contributed by atoms with Crippen LogP contribution in [0.2, 0.25) is 0 Å². The molecule has 0 aliphatic carbocycles. The van der Waals surface area contributed by atoms with Gasteiger partial charge < -0.3 is 4.42 Å². The van der Waals surface area contributed by atoms with E-state index in [1.165, 1.54) is 6.42 Å². The average molecular weight is 127 g/mol. The summed E-state index contributed by atoms with van der Waals surface area (Å²) in [6.45, 7) is -0.388. The van der Waals surface area contributed by atoms with Crippen molar-refractivity contribution in [1.29, 1.82) is 0 Å². The molecule has 0 spiro atoms. The van der Waals surface area contributed by atoms with Crippen molar-refractivity contribution in [1.82, 2.24) is 0 Å². The SMILES string of the molecule is FC[CH]Cc1ccco1. The van der Waals surface area contributed by atoms with Crippen LogP contribution in [-0.2, 0) is 6.42 Å². The summed E-state index contributed by atoms with van der Waals surface area (Å²) in [6, 6.07) is 3.62. The van der Waals surface area contributed by atoms with Gasteiger partial charge >= 0.3 is 0 Å². The molecule has 0 bridgehead atoms. The van der Waals surface area contributed by atoms with Crippen molar-refractivity contribution in [3.8, 4) is 0 Å². The fourth-order valence-electron chi connectivity index (χ4n) is 0.626. The van der Waals surface area contributed by atoms with Crippen molar-refractivity contribution in [2.75, 3.05) is 6.67 Å². The maximum atomic E-state index is 11.5. The van der Waals surface area contributed by atoms with E-state index in [0.29, 0.717) is 6.42 Å². The normalized spacial score (nSPS) is 9.89. The lowest BCUT2D eigenvalue weighted by atomic mass is 10.3. The number of halogens is 1. The minimum atomic E-state index is -0.388. The van der Waals surface area contributed by atoms with E-state index in [4.69, 9.17) is 4.42 Å². The summed E-state index contributed by atoms with van der Waals surface area (Å²) in [5, 5.41) is 0. The van der Waals surface area contributed by atoms with E-state index in [0.717, 1.165) is 5.76 Å². The molecule has 49 valence electrons. The van der Waals surface area contributed by atoms with Crippen LogP contribution in [0.25, 0.3) is 0 Å². The number of furan rings is 1. The van der Waals surface area contributed by atoms with E-state index in [1.807, 2.05) is 6.07 Å². The Morgan fingerprint density at radius 1 is 1.67 bits per heavy atom. The molecule has 1 radical (unpaired) electrons. The Balaban J connectivity index is 2.30. The summed E-state index contributed by atoms with van der Waals surface area (Å²) in [6.07, 6.45) is 3.70. The van der Waals surface area contributed by atoms with Crippen LogP contribution in [0.15, 0.2) is 22.8 Å². The van der Waals surface area contributed by atoms with Gasteiger partial charge in [0.15, 0.2) is 0 Å². The lowest BCUT2D eigenvalue weighted by molar-refractivity contribution is 0.492. The summed E-state index contributed by atoms with van der Waals surface area (Å²) < 4.78 is 16.4. The molecular formula is C7H8FO. The van der Waals surface area contributed by atoms with E-state index in [9.17, 15) is 4.39 Å². The second-order valence-corrected chi connectivity index (χ2v) is 1.73. The number of rotatable bonds is 3. The number of hydrogen-bond acceptors (Lipinski definition) is 1. The highest BCUT2D eigenvalue weighted by Crippen LogP contribution is 2.02. The third-order valence-corrected chi connectivity index (χ3v) is 1.03. The molecule has 0 aromatic carbocycles. The first-order valence-electron chi connectivity index (χ1n) is 2.83. The smallest absolute Gasteiger partial charge is 0.104 e. The van der Waals surface area contributed by atoms with E-state index in [2.05, 4.69) is 0 Å². The minimum Gasteiger partial charge on any atom is -0.469 e. The molecular weight excluding hydrogens is 119 g/mol. The van der Waals surface area contributed by atoms with Gasteiger partial charge in [0, 0.05) is 12.8 Å². The minimum absolute atomic E-state index is 0.388. The molecule has 1 rings (SSSR count). The summed E-state index contributed by atoms with van der Waals surface area (Å²) in [5.74, 6) is 0.813. The zero-order valence-electron chi connectivity index (χ0n) is 5.01. The van der Waals surface area contributed by atoms with Gasteiger partial charge in [-0.15, -0.1) is 0 Å². The second kappa shape index (κ2) is 3.28. The maximum absolute atomic E-state index is 11.5. The van der Waals surface area contributed by atoms with Crippen LogP contribution < -0.4 is 0 Å². The Morgan fingerprint density at radius 3 is 3.11 bits per heavy atom. The molecule has 0 aliphatic rings. The topological polar surface area (TPSA) is 13.1 Å². The molecule has 1 aromatic rings. The van der Waals surface area contributed by atoms with Gasteiger partial charge in [-0.25, -0.2) is 0 Å². The van der Waals surface area contributed by atoms with Crippen LogP contribution in [0, 0.1) is 6.42 Å². The number of hydrogen-bond donors (Lipinski definition) is 0. The lowest BCUT2D eigenvalue weighted by Crippen LogP contribution is -1.83. The average Bonchev–Trinajstić information content (AvgIpc) is 2.34. The Bertz CT molecular complexity index is 146. The van der Waals surface area contributed by atoms with Gasteiger partial charge in [0.05, 0.1) is 12.9 Å². The van der Waals surface area contributed by atoms with Gasteiger partial charge in [-0.1, -0.05) is 0 Å². The highest BCUT2D eigenvalue weighted by molar-refractivity contribution is 5.00. The molecule has 0 amide bonds. The Labute approximate surface area is 53.5 Å². The molecule has 0 fully saturated rings. The predicted molar refractivity (Wildman–Crippen MR) is 32.7 cm³/mol. The molecule has 1 nitrogen and oxygen atoms in total. The summed E-state index contributed by atoms with van der Waals surface area (Å²) >= 11 is 0. The Hall–Kier alpha value is -0.790. The first kappa shape index (κ1) is 6.33. The first-order chi connectivity index (χ1) is 4.43.